The molecule has 0 radical (unpaired) electrons. The van der Waals surface area contributed by atoms with E-state index >= 15 is 0 Å². The minimum absolute atomic E-state index is 0.176. The molecule has 0 fully saturated rings. The smallest absolute Gasteiger partial charge is 0.407 e. The van der Waals surface area contributed by atoms with Gasteiger partial charge in [-0.25, -0.2) is 9.59 Å². The van der Waals surface area contributed by atoms with Crippen LogP contribution in [0.5, 0.6) is 0 Å². The molecule has 0 rings (SSSR count). The lowest BCUT2D eigenvalue weighted by Gasteiger charge is -2.23. The maximum Gasteiger partial charge on any atom is 0.407 e. The van der Waals surface area contributed by atoms with Crippen molar-refractivity contribution in [2.75, 3.05) is 6.61 Å². The molecule has 0 aromatic carbocycles. The van der Waals surface area contributed by atoms with Crippen LogP contribution in [0.15, 0.2) is 0 Å². The molecule has 0 aliphatic carbocycles. The largest absolute Gasteiger partial charge is 0.464 e. The maximum absolute atomic E-state index is 11.4. The first-order valence-electron chi connectivity index (χ1n) is 5.51. The summed E-state index contributed by atoms with van der Waals surface area (Å²) in [7, 11) is 0. The number of hydrogen-bond donors (Lipinski definition) is 2. The Morgan fingerprint density at radius 3 is 2.29 bits per heavy atom. The lowest BCUT2D eigenvalue weighted by Crippen LogP contribution is -2.47. The quantitative estimate of drug-likeness (QED) is 0.718. The molecule has 0 bridgehead atoms. The number of alkyl carbamates (subject to hydrolysis) is 1. The zero-order valence-corrected chi connectivity index (χ0v) is 10.9. The molecule has 0 aromatic rings. The molecular weight excluding hydrogens is 226 g/mol. The van der Waals surface area contributed by atoms with Gasteiger partial charge < -0.3 is 19.9 Å². The van der Waals surface area contributed by atoms with Crippen LogP contribution in [-0.2, 0) is 14.3 Å². The molecule has 0 spiro atoms. The molecule has 0 aliphatic rings. The van der Waals surface area contributed by atoms with Gasteiger partial charge in [-0.05, 0) is 34.6 Å². The van der Waals surface area contributed by atoms with Crippen molar-refractivity contribution in [3.8, 4) is 0 Å². The SMILES string of the molecule is CCOC(=O)[C@H](O)[C@@H](C)NC(=O)OC(C)(C)C. The minimum atomic E-state index is -1.40. The molecular formula is C11H21NO5. The number of ether oxygens (including phenoxy) is 2. The second-order valence-corrected chi connectivity index (χ2v) is 4.63. The summed E-state index contributed by atoms with van der Waals surface area (Å²) in [6.07, 6.45) is -2.09. The van der Waals surface area contributed by atoms with Crippen LogP contribution in [-0.4, -0.2) is 41.5 Å². The minimum Gasteiger partial charge on any atom is -0.464 e. The van der Waals surface area contributed by atoms with Crippen LogP contribution >= 0.6 is 0 Å². The molecule has 2 N–H and O–H groups in total. The van der Waals surface area contributed by atoms with Crippen molar-refractivity contribution in [3.05, 3.63) is 0 Å². The van der Waals surface area contributed by atoms with Crippen molar-refractivity contribution in [2.45, 2.75) is 52.4 Å². The van der Waals surface area contributed by atoms with E-state index in [1.807, 2.05) is 0 Å². The average molecular weight is 247 g/mol. The average Bonchev–Trinajstić information content (AvgIpc) is 2.13. The Hall–Kier alpha value is -1.30. The van der Waals surface area contributed by atoms with Crippen LogP contribution < -0.4 is 5.32 Å². The number of hydrogen-bond acceptors (Lipinski definition) is 5. The maximum atomic E-state index is 11.4. The summed E-state index contributed by atoms with van der Waals surface area (Å²) in [5.74, 6) is -0.768. The van der Waals surface area contributed by atoms with Gasteiger partial charge in [-0.3, -0.25) is 0 Å². The normalized spacial score (nSPS) is 14.7. The van der Waals surface area contributed by atoms with E-state index in [0.29, 0.717) is 0 Å². The van der Waals surface area contributed by atoms with Crippen molar-refractivity contribution < 1.29 is 24.2 Å². The topological polar surface area (TPSA) is 84.9 Å². The van der Waals surface area contributed by atoms with E-state index in [9.17, 15) is 14.7 Å². The Morgan fingerprint density at radius 2 is 1.88 bits per heavy atom. The van der Waals surface area contributed by atoms with Gasteiger partial charge in [-0.15, -0.1) is 0 Å². The van der Waals surface area contributed by atoms with E-state index < -0.39 is 29.8 Å². The Morgan fingerprint density at radius 1 is 1.35 bits per heavy atom. The van der Waals surface area contributed by atoms with Gasteiger partial charge in [0.1, 0.15) is 5.60 Å². The zero-order chi connectivity index (χ0) is 13.6. The number of nitrogens with one attached hydrogen (secondary N) is 1. The number of esters is 1. The second kappa shape index (κ2) is 6.44. The number of carbonyl (C=O) groups is 2. The molecule has 6 heteroatoms. The van der Waals surface area contributed by atoms with E-state index in [0.717, 1.165) is 0 Å². The number of aliphatic hydroxyl groups excluding tert-OH is 1. The van der Waals surface area contributed by atoms with Gasteiger partial charge in [0.25, 0.3) is 0 Å². The van der Waals surface area contributed by atoms with E-state index in [1.165, 1.54) is 6.92 Å². The third-order valence-corrected chi connectivity index (χ3v) is 1.75. The second-order valence-electron chi connectivity index (χ2n) is 4.63. The Kier molecular flexibility index (Phi) is 5.95. The van der Waals surface area contributed by atoms with Gasteiger partial charge in [0, 0.05) is 0 Å². The van der Waals surface area contributed by atoms with Crippen LogP contribution in [0.3, 0.4) is 0 Å². The number of amides is 1. The summed E-state index contributed by atoms with van der Waals surface area (Å²) in [4.78, 5) is 22.5. The molecule has 1 amide bonds. The highest BCUT2D eigenvalue weighted by molar-refractivity contribution is 5.76. The molecule has 2 atom stereocenters. The monoisotopic (exact) mass is 247 g/mol. The van der Waals surface area contributed by atoms with Gasteiger partial charge in [-0.2, -0.15) is 0 Å². The third kappa shape index (κ3) is 6.78. The summed E-state index contributed by atoms with van der Waals surface area (Å²) >= 11 is 0. The number of aliphatic hydroxyl groups is 1. The van der Waals surface area contributed by atoms with Crippen molar-refractivity contribution in [2.24, 2.45) is 0 Å². The molecule has 0 aliphatic heterocycles. The van der Waals surface area contributed by atoms with Crippen LogP contribution in [0.4, 0.5) is 4.79 Å². The lowest BCUT2D eigenvalue weighted by atomic mass is 10.2. The Labute approximate surface area is 101 Å². The van der Waals surface area contributed by atoms with Crippen LogP contribution in [0.1, 0.15) is 34.6 Å². The summed E-state index contributed by atoms with van der Waals surface area (Å²) in [5.41, 5.74) is -0.626. The fourth-order valence-electron chi connectivity index (χ4n) is 1.00. The van der Waals surface area contributed by atoms with Crippen LogP contribution in [0.2, 0.25) is 0 Å². The van der Waals surface area contributed by atoms with Gasteiger partial charge in [0.15, 0.2) is 6.10 Å². The predicted octanol–water partition coefficient (Wildman–Crippen LogP) is 0.824. The predicted molar refractivity (Wildman–Crippen MR) is 61.5 cm³/mol. The molecule has 0 heterocycles. The molecule has 6 nitrogen and oxygen atoms in total. The van der Waals surface area contributed by atoms with Crippen LogP contribution in [0.25, 0.3) is 0 Å². The van der Waals surface area contributed by atoms with Crippen molar-refractivity contribution in [1.29, 1.82) is 0 Å². The number of carbonyl (C=O) groups excluding carboxylic acids is 2. The Bertz CT molecular complexity index is 272. The van der Waals surface area contributed by atoms with Gasteiger partial charge in [-0.1, -0.05) is 0 Å². The fraction of sp³-hybridized carbons (Fsp3) is 0.818. The first kappa shape index (κ1) is 15.7. The van der Waals surface area contributed by atoms with Crippen LogP contribution in [0, 0.1) is 0 Å². The van der Waals surface area contributed by atoms with Crippen molar-refractivity contribution in [1.82, 2.24) is 5.32 Å². The summed E-state index contributed by atoms with van der Waals surface area (Å²) in [5, 5.41) is 11.9. The van der Waals surface area contributed by atoms with Gasteiger partial charge in [0.2, 0.25) is 0 Å². The van der Waals surface area contributed by atoms with Gasteiger partial charge >= 0.3 is 12.1 Å². The lowest BCUT2D eigenvalue weighted by molar-refractivity contribution is -0.154. The van der Waals surface area contributed by atoms with Crippen molar-refractivity contribution >= 4 is 12.1 Å². The van der Waals surface area contributed by atoms with E-state index in [1.54, 1.807) is 27.7 Å². The van der Waals surface area contributed by atoms with Gasteiger partial charge in [0.05, 0.1) is 12.6 Å². The van der Waals surface area contributed by atoms with Crippen molar-refractivity contribution in [3.63, 3.8) is 0 Å². The highest BCUT2D eigenvalue weighted by atomic mass is 16.6. The molecule has 0 unspecified atom stereocenters. The standard InChI is InChI=1S/C11H21NO5/c1-6-16-9(14)8(13)7(2)12-10(15)17-11(3,4)5/h7-8,13H,6H2,1-5H3,(H,12,15)/t7-,8-/m1/s1. The Balaban J connectivity index is 4.20. The number of rotatable bonds is 4. The molecule has 0 saturated heterocycles. The van der Waals surface area contributed by atoms with E-state index in [2.05, 4.69) is 10.1 Å². The molecule has 0 aromatic heterocycles. The highest BCUT2D eigenvalue weighted by Crippen LogP contribution is 2.07. The fourth-order valence-corrected chi connectivity index (χ4v) is 1.00. The highest BCUT2D eigenvalue weighted by Gasteiger charge is 2.26. The van der Waals surface area contributed by atoms with E-state index in [-0.39, 0.29) is 6.61 Å². The first-order valence-corrected chi connectivity index (χ1v) is 5.51. The zero-order valence-electron chi connectivity index (χ0n) is 10.9. The molecule has 100 valence electrons. The summed E-state index contributed by atoms with van der Waals surface area (Å²) < 4.78 is 9.61. The third-order valence-electron chi connectivity index (χ3n) is 1.75. The summed E-state index contributed by atoms with van der Waals surface area (Å²) in [6, 6.07) is -0.774. The first-order chi connectivity index (χ1) is 7.67. The summed E-state index contributed by atoms with van der Waals surface area (Å²) in [6.45, 7) is 8.47. The molecule has 0 saturated carbocycles. The molecule has 17 heavy (non-hydrogen) atoms. The van der Waals surface area contributed by atoms with E-state index in [4.69, 9.17) is 4.74 Å².